The van der Waals surface area contributed by atoms with Crippen molar-refractivity contribution in [2.24, 2.45) is 0 Å². The van der Waals surface area contributed by atoms with Crippen LogP contribution in [-0.2, 0) is 14.3 Å². The van der Waals surface area contributed by atoms with Crippen molar-refractivity contribution in [3.05, 3.63) is 12.2 Å². The van der Waals surface area contributed by atoms with Crippen LogP contribution in [0.1, 0.15) is 431 Å². The minimum absolute atomic E-state index is 0.0163. The molecular weight excluding hydrogens is 995 g/mol. The van der Waals surface area contributed by atoms with Gasteiger partial charge in [0.2, 0.25) is 5.91 Å². The molecule has 81 heavy (non-hydrogen) atoms. The molecule has 0 fully saturated rings. The van der Waals surface area contributed by atoms with Gasteiger partial charge in [0.1, 0.15) is 0 Å². The zero-order valence-corrected chi connectivity index (χ0v) is 55.3. The Morgan fingerprint density at radius 1 is 0.333 bits per heavy atom. The lowest BCUT2D eigenvalue weighted by atomic mass is 10.0. The minimum Gasteiger partial charge on any atom is -0.466 e. The van der Waals surface area contributed by atoms with Crippen LogP contribution in [0.2, 0.25) is 0 Å². The number of ether oxygens (including phenoxy) is 1. The lowest BCUT2D eigenvalue weighted by Crippen LogP contribution is -2.45. The van der Waals surface area contributed by atoms with Crippen LogP contribution < -0.4 is 5.32 Å². The minimum atomic E-state index is -0.670. The van der Waals surface area contributed by atoms with Crippen LogP contribution in [0.5, 0.6) is 0 Å². The Bertz CT molecular complexity index is 1220. The van der Waals surface area contributed by atoms with Gasteiger partial charge in [-0.1, -0.05) is 379 Å². The summed E-state index contributed by atoms with van der Waals surface area (Å²) in [4.78, 5) is 24.7. The van der Waals surface area contributed by atoms with Crippen molar-refractivity contribution >= 4 is 11.9 Å². The van der Waals surface area contributed by atoms with E-state index in [9.17, 15) is 19.8 Å². The number of allylic oxidation sites excluding steroid dienone is 2. The van der Waals surface area contributed by atoms with E-state index in [1.165, 1.54) is 360 Å². The fourth-order valence-electron chi connectivity index (χ4n) is 12.1. The highest BCUT2D eigenvalue weighted by Crippen LogP contribution is 2.20. The van der Waals surface area contributed by atoms with Gasteiger partial charge >= 0.3 is 5.97 Å². The maximum absolute atomic E-state index is 12.6. The molecule has 6 nitrogen and oxygen atoms in total. The summed E-state index contributed by atoms with van der Waals surface area (Å²) in [6.45, 7) is 5.00. The second kappa shape index (κ2) is 71.1. The number of aliphatic hydroxyl groups is 2. The molecule has 0 aromatic carbocycles. The number of unbranched alkanes of at least 4 members (excludes halogenated alkanes) is 58. The summed E-state index contributed by atoms with van der Waals surface area (Å²) in [7, 11) is 0. The van der Waals surface area contributed by atoms with Gasteiger partial charge in [-0.05, 0) is 51.4 Å². The number of nitrogens with one attached hydrogen (secondary N) is 1. The molecule has 0 aliphatic carbocycles. The summed E-state index contributed by atoms with van der Waals surface area (Å²) in [6, 6.07) is -0.547. The molecule has 482 valence electrons. The topological polar surface area (TPSA) is 95.9 Å². The van der Waals surface area contributed by atoms with Crippen molar-refractivity contribution in [2.45, 2.75) is 443 Å². The van der Waals surface area contributed by atoms with Crippen LogP contribution in [0.25, 0.3) is 0 Å². The van der Waals surface area contributed by atoms with E-state index in [0.717, 1.165) is 38.5 Å². The van der Waals surface area contributed by atoms with E-state index in [0.29, 0.717) is 25.9 Å². The third kappa shape index (κ3) is 67.6. The van der Waals surface area contributed by atoms with Crippen LogP contribution in [0.4, 0.5) is 0 Å². The third-order valence-electron chi connectivity index (χ3n) is 17.8. The molecule has 0 aromatic rings. The molecule has 0 spiro atoms. The maximum Gasteiger partial charge on any atom is 0.305 e. The first kappa shape index (κ1) is 79.6. The number of carbonyl (C=O) groups is 2. The van der Waals surface area contributed by atoms with Crippen LogP contribution in [-0.4, -0.2) is 47.4 Å². The first-order chi connectivity index (χ1) is 40.0. The number of hydrogen-bond donors (Lipinski definition) is 3. The van der Waals surface area contributed by atoms with Crippen LogP contribution in [0.15, 0.2) is 12.2 Å². The molecule has 0 heterocycles. The Kier molecular flexibility index (Phi) is 69.9. The Hall–Kier alpha value is -1.40. The number of aliphatic hydroxyl groups excluding tert-OH is 2. The van der Waals surface area contributed by atoms with Gasteiger partial charge in [0.05, 0.1) is 25.4 Å². The van der Waals surface area contributed by atoms with Crippen molar-refractivity contribution < 1.29 is 24.5 Å². The molecule has 0 saturated carbocycles. The lowest BCUT2D eigenvalue weighted by Gasteiger charge is -2.22. The summed E-state index contributed by atoms with van der Waals surface area (Å²) >= 11 is 0. The van der Waals surface area contributed by atoms with Crippen molar-refractivity contribution in [1.82, 2.24) is 5.32 Å². The fraction of sp³-hybridized carbons (Fsp3) is 0.947. The summed E-state index contributed by atoms with van der Waals surface area (Å²) in [6.07, 6.45) is 88.4. The summed E-state index contributed by atoms with van der Waals surface area (Å²) in [5, 5.41) is 23.4. The molecule has 0 aliphatic rings. The molecule has 6 heteroatoms. The molecule has 2 atom stereocenters. The zero-order valence-electron chi connectivity index (χ0n) is 55.3. The van der Waals surface area contributed by atoms with Crippen LogP contribution in [0.3, 0.4) is 0 Å². The van der Waals surface area contributed by atoms with E-state index in [1.54, 1.807) is 0 Å². The monoisotopic (exact) mass is 1140 g/mol. The smallest absolute Gasteiger partial charge is 0.305 e. The highest BCUT2D eigenvalue weighted by Gasteiger charge is 2.20. The summed E-state index contributed by atoms with van der Waals surface area (Å²) < 4.78 is 5.51. The zero-order chi connectivity index (χ0) is 58.5. The van der Waals surface area contributed by atoms with E-state index in [1.807, 2.05) is 0 Å². The molecule has 1 amide bonds. The Morgan fingerprint density at radius 2 is 0.580 bits per heavy atom. The average molecular weight is 1140 g/mol. The van der Waals surface area contributed by atoms with E-state index in [-0.39, 0.29) is 18.5 Å². The summed E-state index contributed by atoms with van der Waals surface area (Å²) in [5.74, 6) is -0.0202. The highest BCUT2D eigenvalue weighted by molar-refractivity contribution is 5.76. The molecule has 0 aromatic heterocycles. The van der Waals surface area contributed by atoms with Crippen molar-refractivity contribution in [3.63, 3.8) is 0 Å². The van der Waals surface area contributed by atoms with Gasteiger partial charge < -0.3 is 20.3 Å². The SMILES string of the molecule is CCCCCCCCCCCCCCCCCCCCCCCCCC(O)C(CO)NC(=O)CCCCCCCCC/C=C\CCCCCCCCCCCCCOC(=O)CCCCCCCCCCCCCCCCCCCCC. The molecule has 3 N–H and O–H groups in total. The fourth-order valence-corrected chi connectivity index (χ4v) is 12.1. The quantitative estimate of drug-likeness (QED) is 0.0320. The van der Waals surface area contributed by atoms with Crippen molar-refractivity contribution in [1.29, 1.82) is 0 Å². The normalized spacial score (nSPS) is 12.5. The molecule has 0 radical (unpaired) electrons. The standard InChI is InChI=1S/C75H147NO5/c1-3-5-7-9-11-13-15-17-19-21-23-24-25-28-32-35-39-43-47-51-55-59-63-67-73(78)72(71-77)76-74(79)68-64-60-56-52-48-44-40-36-33-29-26-27-30-34-38-42-46-50-54-58-62-66-70-81-75(80)69-65-61-57-53-49-45-41-37-31-22-20-18-16-14-12-10-8-6-4-2/h29,33,72-73,77-78H,3-28,30-32,34-71H2,1-2H3,(H,76,79)/b33-29-. The number of hydrogen-bond acceptors (Lipinski definition) is 5. The Balaban J connectivity index is 3.39. The number of esters is 1. The van der Waals surface area contributed by atoms with Crippen molar-refractivity contribution in [2.75, 3.05) is 13.2 Å². The first-order valence-corrected chi connectivity index (χ1v) is 37.4. The molecule has 2 unspecified atom stereocenters. The molecule has 0 bridgehead atoms. The average Bonchev–Trinajstić information content (AvgIpc) is 3.47. The molecular formula is C75H147NO5. The van der Waals surface area contributed by atoms with E-state index < -0.39 is 12.1 Å². The third-order valence-corrected chi connectivity index (χ3v) is 17.8. The number of carbonyl (C=O) groups excluding carboxylic acids is 2. The van der Waals surface area contributed by atoms with Gasteiger partial charge in [-0.15, -0.1) is 0 Å². The van der Waals surface area contributed by atoms with Gasteiger partial charge in [-0.25, -0.2) is 0 Å². The highest BCUT2D eigenvalue weighted by atomic mass is 16.5. The Morgan fingerprint density at radius 3 is 0.877 bits per heavy atom. The van der Waals surface area contributed by atoms with Gasteiger partial charge in [0.15, 0.2) is 0 Å². The van der Waals surface area contributed by atoms with Crippen LogP contribution in [0, 0.1) is 0 Å². The largest absolute Gasteiger partial charge is 0.466 e. The summed E-state index contributed by atoms with van der Waals surface area (Å²) in [5.41, 5.74) is 0. The number of rotatable bonds is 71. The predicted molar refractivity (Wildman–Crippen MR) is 357 cm³/mol. The lowest BCUT2D eigenvalue weighted by molar-refractivity contribution is -0.143. The molecule has 0 saturated heterocycles. The van der Waals surface area contributed by atoms with E-state index in [2.05, 4.69) is 31.3 Å². The van der Waals surface area contributed by atoms with Crippen LogP contribution >= 0.6 is 0 Å². The molecule has 0 aliphatic heterocycles. The second-order valence-corrected chi connectivity index (χ2v) is 26.0. The van der Waals surface area contributed by atoms with Gasteiger partial charge in [0, 0.05) is 12.8 Å². The van der Waals surface area contributed by atoms with Gasteiger partial charge in [-0.2, -0.15) is 0 Å². The van der Waals surface area contributed by atoms with Gasteiger partial charge in [0.25, 0.3) is 0 Å². The second-order valence-electron chi connectivity index (χ2n) is 26.0. The van der Waals surface area contributed by atoms with E-state index in [4.69, 9.17) is 4.74 Å². The first-order valence-electron chi connectivity index (χ1n) is 37.4. The van der Waals surface area contributed by atoms with Crippen molar-refractivity contribution in [3.8, 4) is 0 Å². The number of amides is 1. The maximum atomic E-state index is 12.6. The Labute approximate surface area is 508 Å². The van der Waals surface area contributed by atoms with E-state index >= 15 is 0 Å². The predicted octanol–water partition coefficient (Wildman–Crippen LogP) is 24.3. The van der Waals surface area contributed by atoms with Gasteiger partial charge in [-0.3, -0.25) is 9.59 Å². The molecule has 0 rings (SSSR count).